The number of alkyl halides is 2. The quantitative estimate of drug-likeness (QED) is 0.587. The number of hydrogen-bond acceptors (Lipinski definition) is 3. The molecule has 2 aromatic carbocycles. The minimum Gasteiger partial charge on any atom is -0.399 e. The summed E-state index contributed by atoms with van der Waals surface area (Å²) in [4.78, 5) is 12.9. The lowest BCUT2D eigenvalue weighted by atomic mass is 9.87. The van der Waals surface area contributed by atoms with Crippen LogP contribution >= 0.6 is 24.2 Å². The van der Waals surface area contributed by atoms with E-state index in [2.05, 4.69) is 5.32 Å². The van der Waals surface area contributed by atoms with Gasteiger partial charge in [-0.2, -0.15) is 8.78 Å². The van der Waals surface area contributed by atoms with E-state index in [4.69, 9.17) is 5.73 Å². The van der Waals surface area contributed by atoms with Crippen LogP contribution in [0.25, 0.3) is 0 Å². The van der Waals surface area contributed by atoms with Crippen molar-refractivity contribution < 1.29 is 13.6 Å². The first kappa shape index (κ1) is 19.5. The first-order chi connectivity index (χ1) is 11.5. The van der Waals surface area contributed by atoms with Gasteiger partial charge in [-0.25, -0.2) is 0 Å². The van der Waals surface area contributed by atoms with E-state index in [0.717, 1.165) is 30.5 Å². The number of nitrogen functional groups attached to an aromatic ring is 1. The van der Waals surface area contributed by atoms with Gasteiger partial charge in [-0.15, -0.1) is 12.4 Å². The number of fused-ring (bicyclic) bond motifs is 1. The predicted molar refractivity (Wildman–Crippen MR) is 99.6 cm³/mol. The van der Waals surface area contributed by atoms with Crippen molar-refractivity contribution in [1.82, 2.24) is 5.32 Å². The Bertz CT molecular complexity index is 740. The van der Waals surface area contributed by atoms with Gasteiger partial charge in [0.25, 0.3) is 11.7 Å². The third kappa shape index (κ3) is 4.86. The summed E-state index contributed by atoms with van der Waals surface area (Å²) >= 11 is 0.470. The van der Waals surface area contributed by atoms with Crippen molar-refractivity contribution in [3.8, 4) is 0 Å². The number of thioether (sulfide) groups is 1. The third-order valence-electron chi connectivity index (χ3n) is 4.13. The highest BCUT2D eigenvalue weighted by atomic mass is 35.5. The number of rotatable bonds is 4. The Morgan fingerprint density at radius 1 is 1.20 bits per heavy atom. The normalized spacial score (nSPS) is 16.0. The van der Waals surface area contributed by atoms with E-state index in [1.165, 1.54) is 5.56 Å². The van der Waals surface area contributed by atoms with Gasteiger partial charge in [0.05, 0.1) is 6.04 Å². The first-order valence-electron chi connectivity index (χ1n) is 7.77. The summed E-state index contributed by atoms with van der Waals surface area (Å²) in [6.07, 6.45) is 2.83. The zero-order chi connectivity index (χ0) is 17.1. The molecule has 7 heteroatoms. The number of hydrogen-bond donors (Lipinski definition) is 2. The van der Waals surface area contributed by atoms with Gasteiger partial charge in [0.2, 0.25) is 0 Å². The molecule has 2 aromatic rings. The van der Waals surface area contributed by atoms with Gasteiger partial charge < -0.3 is 11.1 Å². The summed E-state index contributed by atoms with van der Waals surface area (Å²) in [6.45, 7) is 0. The molecule has 0 saturated heterocycles. The lowest BCUT2D eigenvalue weighted by Crippen LogP contribution is -2.31. The van der Waals surface area contributed by atoms with Crippen LogP contribution in [0.15, 0.2) is 47.4 Å². The molecule has 3 nitrogen and oxygen atoms in total. The molecule has 3 N–H and O–H groups in total. The monoisotopic (exact) mass is 384 g/mol. The van der Waals surface area contributed by atoms with Crippen molar-refractivity contribution in [2.45, 2.75) is 36.0 Å². The predicted octanol–water partition coefficient (Wildman–Crippen LogP) is 4.81. The molecule has 1 aliphatic carbocycles. The number of anilines is 1. The lowest BCUT2D eigenvalue weighted by molar-refractivity contribution is 0.0932. The number of carbonyl (C=O) groups excluding carboxylic acids is 1. The zero-order valence-electron chi connectivity index (χ0n) is 13.4. The number of amides is 1. The van der Waals surface area contributed by atoms with Crippen LogP contribution in [0.3, 0.4) is 0 Å². The molecule has 1 aliphatic rings. The Kier molecular flexibility index (Phi) is 6.67. The molecular formula is C18H19ClF2N2OS. The van der Waals surface area contributed by atoms with Crippen molar-refractivity contribution in [2.24, 2.45) is 0 Å². The summed E-state index contributed by atoms with van der Waals surface area (Å²) in [5, 5.41) is 3.04. The van der Waals surface area contributed by atoms with Crippen LogP contribution in [-0.2, 0) is 6.42 Å². The fourth-order valence-corrected chi connectivity index (χ4v) is 3.51. The van der Waals surface area contributed by atoms with Crippen molar-refractivity contribution in [3.05, 3.63) is 59.2 Å². The number of nitrogens with one attached hydrogen (secondary N) is 1. The van der Waals surface area contributed by atoms with Gasteiger partial charge >= 0.3 is 0 Å². The van der Waals surface area contributed by atoms with Crippen molar-refractivity contribution in [3.63, 3.8) is 0 Å². The summed E-state index contributed by atoms with van der Waals surface area (Å²) in [5.74, 6) is -2.66. The van der Waals surface area contributed by atoms with Gasteiger partial charge in [-0.1, -0.05) is 17.8 Å². The van der Waals surface area contributed by atoms with Crippen molar-refractivity contribution >= 4 is 35.8 Å². The van der Waals surface area contributed by atoms with E-state index < -0.39 is 5.76 Å². The molecule has 1 atom stereocenters. The highest BCUT2D eigenvalue weighted by molar-refractivity contribution is 7.99. The topological polar surface area (TPSA) is 55.1 Å². The van der Waals surface area contributed by atoms with Crippen LogP contribution in [0, 0.1) is 0 Å². The van der Waals surface area contributed by atoms with Gasteiger partial charge in [0.15, 0.2) is 0 Å². The number of halogens is 3. The van der Waals surface area contributed by atoms with E-state index >= 15 is 0 Å². The Morgan fingerprint density at radius 3 is 2.60 bits per heavy atom. The molecule has 3 rings (SSSR count). The largest absolute Gasteiger partial charge is 0.399 e. The van der Waals surface area contributed by atoms with Crippen molar-refractivity contribution in [1.29, 1.82) is 0 Å². The summed E-state index contributed by atoms with van der Waals surface area (Å²) < 4.78 is 24.7. The summed E-state index contributed by atoms with van der Waals surface area (Å²) in [6, 6.07) is 12.0. The average Bonchev–Trinajstić information content (AvgIpc) is 2.55. The maximum absolute atomic E-state index is 12.4. The van der Waals surface area contributed by atoms with Crippen LogP contribution in [0.2, 0.25) is 0 Å². The van der Waals surface area contributed by atoms with Crippen LogP contribution in [0.5, 0.6) is 0 Å². The maximum atomic E-state index is 12.4. The van der Waals surface area contributed by atoms with E-state index in [9.17, 15) is 13.6 Å². The minimum absolute atomic E-state index is 0. The second-order valence-electron chi connectivity index (χ2n) is 5.78. The molecule has 0 bridgehead atoms. The van der Waals surface area contributed by atoms with Crippen LogP contribution in [-0.4, -0.2) is 11.7 Å². The van der Waals surface area contributed by atoms with Gasteiger partial charge in [-0.05, 0) is 66.8 Å². The van der Waals surface area contributed by atoms with Gasteiger partial charge in [-0.3, -0.25) is 4.79 Å². The molecule has 1 amide bonds. The lowest BCUT2D eigenvalue weighted by Gasteiger charge is -2.26. The van der Waals surface area contributed by atoms with Crippen LogP contribution in [0.1, 0.15) is 40.4 Å². The maximum Gasteiger partial charge on any atom is 0.288 e. The smallest absolute Gasteiger partial charge is 0.288 e. The second kappa shape index (κ2) is 8.54. The molecule has 134 valence electrons. The minimum atomic E-state index is -2.46. The van der Waals surface area contributed by atoms with E-state index in [1.54, 1.807) is 24.3 Å². The van der Waals surface area contributed by atoms with Gasteiger partial charge in [0.1, 0.15) is 0 Å². The van der Waals surface area contributed by atoms with Crippen LogP contribution < -0.4 is 11.1 Å². The second-order valence-corrected chi connectivity index (χ2v) is 6.84. The van der Waals surface area contributed by atoms with Crippen molar-refractivity contribution in [2.75, 3.05) is 5.73 Å². The van der Waals surface area contributed by atoms with Gasteiger partial charge in [0, 0.05) is 16.1 Å². The average molecular weight is 385 g/mol. The number of carbonyl (C=O) groups is 1. The fraction of sp³-hybridized carbons (Fsp3) is 0.278. The highest BCUT2D eigenvalue weighted by Gasteiger charge is 2.22. The molecule has 0 saturated carbocycles. The molecule has 25 heavy (non-hydrogen) atoms. The SMILES string of the molecule is Cl.Nc1ccc2c(c1)CCCC2NC(=O)c1ccc(SC(F)F)cc1. The Hall–Kier alpha value is -1.79. The molecule has 0 spiro atoms. The van der Waals surface area contributed by atoms with Crippen LogP contribution in [0.4, 0.5) is 14.5 Å². The zero-order valence-corrected chi connectivity index (χ0v) is 15.0. The Labute approximate surface area is 155 Å². The Balaban J connectivity index is 0.00000225. The molecule has 0 aromatic heterocycles. The molecule has 0 radical (unpaired) electrons. The summed E-state index contributed by atoms with van der Waals surface area (Å²) in [7, 11) is 0. The first-order valence-corrected chi connectivity index (χ1v) is 8.65. The number of benzene rings is 2. The number of nitrogens with two attached hydrogens (primary N) is 1. The molecule has 1 unspecified atom stereocenters. The molecule has 0 heterocycles. The highest BCUT2D eigenvalue weighted by Crippen LogP contribution is 2.31. The van der Waals surface area contributed by atoms with E-state index in [-0.39, 0.29) is 24.4 Å². The molecule has 0 aliphatic heterocycles. The van der Waals surface area contributed by atoms with E-state index in [1.807, 2.05) is 18.2 Å². The third-order valence-corrected chi connectivity index (χ3v) is 4.85. The summed E-state index contributed by atoms with van der Waals surface area (Å²) in [5.41, 5.74) is 9.31. The standard InChI is InChI=1S/C18H18F2N2OS.ClH/c19-18(20)24-14-7-4-11(5-8-14)17(23)22-16-3-1-2-12-10-13(21)6-9-15(12)16;/h4-10,16,18H,1-3,21H2,(H,22,23);1H. The molecule has 0 fully saturated rings. The number of aryl methyl sites for hydroxylation is 1. The Morgan fingerprint density at radius 2 is 1.92 bits per heavy atom. The van der Waals surface area contributed by atoms with E-state index in [0.29, 0.717) is 22.2 Å². The fourth-order valence-electron chi connectivity index (χ4n) is 3.01. The molecular weight excluding hydrogens is 366 g/mol.